The fourth-order valence-electron chi connectivity index (χ4n) is 2.48. The molecule has 0 saturated carbocycles. The molecule has 0 spiro atoms. The van der Waals surface area contributed by atoms with E-state index in [-0.39, 0.29) is 0 Å². The van der Waals surface area contributed by atoms with Crippen LogP contribution >= 0.6 is 0 Å². The first-order valence-corrected chi connectivity index (χ1v) is 8.59. The zero-order chi connectivity index (χ0) is 17.9. The first kappa shape index (κ1) is 18.6. The molecule has 2 aromatic rings. The Morgan fingerprint density at radius 2 is 1.88 bits per heavy atom. The van der Waals surface area contributed by atoms with Gasteiger partial charge in [0.25, 0.3) is 0 Å². The summed E-state index contributed by atoms with van der Waals surface area (Å²) >= 11 is 0. The van der Waals surface area contributed by atoms with Gasteiger partial charge in [0.1, 0.15) is 0 Å². The molecular weight excluding hydrogens is 314 g/mol. The van der Waals surface area contributed by atoms with Crippen LogP contribution < -0.4 is 20.1 Å². The maximum absolute atomic E-state index is 5.54. The van der Waals surface area contributed by atoms with Crippen LogP contribution in [0.15, 0.2) is 53.5 Å². The minimum atomic E-state index is 0.605. The Kier molecular flexibility index (Phi) is 7.63. The van der Waals surface area contributed by atoms with Crippen LogP contribution in [0.25, 0.3) is 0 Å². The fourth-order valence-corrected chi connectivity index (χ4v) is 2.48. The van der Waals surface area contributed by atoms with Gasteiger partial charge >= 0.3 is 0 Å². The normalized spacial score (nSPS) is 11.1. The van der Waals surface area contributed by atoms with Crippen LogP contribution in [0.5, 0.6) is 11.5 Å². The largest absolute Gasteiger partial charge is 0.493 e. The lowest BCUT2D eigenvalue weighted by Gasteiger charge is -2.14. The van der Waals surface area contributed by atoms with Gasteiger partial charge in [-0.05, 0) is 37.5 Å². The Morgan fingerprint density at radius 1 is 1.08 bits per heavy atom. The van der Waals surface area contributed by atoms with E-state index in [4.69, 9.17) is 9.47 Å². The number of nitrogens with one attached hydrogen (secondary N) is 2. The molecule has 134 valence electrons. The SMILES string of the molecule is CCOc1ccc(NC(=NC)NCCCc2ccccc2)cc1OC. The fraction of sp³-hybridized carbons (Fsp3) is 0.350. The summed E-state index contributed by atoms with van der Waals surface area (Å²) in [5.41, 5.74) is 2.25. The van der Waals surface area contributed by atoms with Crippen LogP contribution in [-0.4, -0.2) is 33.3 Å². The molecule has 5 heteroatoms. The molecule has 0 saturated heterocycles. The molecule has 0 atom stereocenters. The topological polar surface area (TPSA) is 54.9 Å². The monoisotopic (exact) mass is 341 g/mol. The molecule has 0 aromatic heterocycles. The second kappa shape index (κ2) is 10.2. The van der Waals surface area contributed by atoms with E-state index in [0.717, 1.165) is 36.8 Å². The molecule has 5 nitrogen and oxygen atoms in total. The third kappa shape index (κ3) is 6.03. The molecule has 2 N–H and O–H groups in total. The number of ether oxygens (including phenoxy) is 2. The predicted molar refractivity (Wildman–Crippen MR) is 104 cm³/mol. The summed E-state index contributed by atoms with van der Waals surface area (Å²) in [6, 6.07) is 16.2. The van der Waals surface area contributed by atoms with E-state index >= 15 is 0 Å². The number of guanidine groups is 1. The molecule has 2 aromatic carbocycles. The standard InChI is InChI=1S/C20H27N3O2/c1-4-25-18-13-12-17(15-19(18)24-3)23-20(21-2)22-14-8-11-16-9-6-5-7-10-16/h5-7,9-10,12-13,15H,4,8,11,14H2,1-3H3,(H2,21,22,23). The minimum absolute atomic E-state index is 0.605. The van der Waals surface area contributed by atoms with Crippen LogP contribution in [0.3, 0.4) is 0 Å². The zero-order valence-electron chi connectivity index (χ0n) is 15.2. The summed E-state index contributed by atoms with van der Waals surface area (Å²) in [7, 11) is 3.40. The molecule has 0 aliphatic carbocycles. The van der Waals surface area contributed by atoms with Gasteiger partial charge < -0.3 is 20.1 Å². The Morgan fingerprint density at radius 3 is 2.56 bits per heavy atom. The summed E-state index contributed by atoms with van der Waals surface area (Å²) in [6.07, 6.45) is 2.08. The Balaban J connectivity index is 1.85. The number of hydrogen-bond donors (Lipinski definition) is 2. The molecule has 0 aliphatic rings. The van der Waals surface area contributed by atoms with E-state index in [1.807, 2.05) is 31.2 Å². The number of aryl methyl sites for hydroxylation is 1. The van der Waals surface area contributed by atoms with Crippen molar-refractivity contribution in [1.82, 2.24) is 5.32 Å². The highest BCUT2D eigenvalue weighted by Gasteiger charge is 2.06. The van der Waals surface area contributed by atoms with Gasteiger partial charge in [0.05, 0.1) is 13.7 Å². The molecule has 0 amide bonds. The van der Waals surface area contributed by atoms with Crippen LogP contribution in [0.2, 0.25) is 0 Å². The van der Waals surface area contributed by atoms with Gasteiger partial charge in [-0.3, -0.25) is 4.99 Å². The van der Waals surface area contributed by atoms with Gasteiger partial charge in [-0.25, -0.2) is 0 Å². The second-order valence-corrected chi connectivity index (χ2v) is 5.51. The van der Waals surface area contributed by atoms with Crippen LogP contribution in [-0.2, 0) is 6.42 Å². The lowest BCUT2D eigenvalue weighted by atomic mass is 10.1. The summed E-state index contributed by atoms with van der Waals surface area (Å²) in [5.74, 6) is 2.17. The van der Waals surface area contributed by atoms with Crippen LogP contribution in [0.4, 0.5) is 5.69 Å². The van der Waals surface area contributed by atoms with Crippen molar-refractivity contribution in [2.45, 2.75) is 19.8 Å². The molecule has 0 heterocycles. The third-order valence-electron chi connectivity index (χ3n) is 3.73. The van der Waals surface area contributed by atoms with Gasteiger partial charge in [0.15, 0.2) is 17.5 Å². The summed E-state index contributed by atoms with van der Waals surface area (Å²) in [5, 5.41) is 6.61. The van der Waals surface area contributed by atoms with Crippen molar-refractivity contribution < 1.29 is 9.47 Å². The van der Waals surface area contributed by atoms with Gasteiger partial charge in [-0.2, -0.15) is 0 Å². The van der Waals surface area contributed by atoms with Gasteiger partial charge in [-0.15, -0.1) is 0 Å². The van der Waals surface area contributed by atoms with Crippen molar-refractivity contribution in [3.05, 3.63) is 54.1 Å². The molecule has 0 fully saturated rings. The maximum Gasteiger partial charge on any atom is 0.195 e. The van der Waals surface area contributed by atoms with Crippen molar-refractivity contribution in [3.8, 4) is 11.5 Å². The smallest absolute Gasteiger partial charge is 0.195 e. The van der Waals surface area contributed by atoms with E-state index in [1.54, 1.807) is 14.2 Å². The Labute approximate surface area is 150 Å². The average molecular weight is 341 g/mol. The lowest BCUT2D eigenvalue weighted by Crippen LogP contribution is -2.31. The molecule has 0 aliphatic heterocycles. The minimum Gasteiger partial charge on any atom is -0.493 e. The lowest BCUT2D eigenvalue weighted by molar-refractivity contribution is 0.311. The number of methoxy groups -OCH3 is 1. The number of rotatable bonds is 8. The highest BCUT2D eigenvalue weighted by molar-refractivity contribution is 5.93. The summed E-state index contributed by atoms with van der Waals surface area (Å²) in [6.45, 7) is 3.41. The van der Waals surface area contributed by atoms with Gasteiger partial charge in [0, 0.05) is 25.3 Å². The average Bonchev–Trinajstić information content (AvgIpc) is 2.66. The van der Waals surface area contributed by atoms with Crippen molar-refractivity contribution >= 4 is 11.6 Å². The Bertz CT molecular complexity index is 672. The summed E-state index contributed by atoms with van der Waals surface area (Å²) in [4.78, 5) is 4.26. The van der Waals surface area contributed by atoms with Crippen molar-refractivity contribution in [2.24, 2.45) is 4.99 Å². The second-order valence-electron chi connectivity index (χ2n) is 5.51. The Hall–Kier alpha value is -2.69. The third-order valence-corrected chi connectivity index (χ3v) is 3.73. The summed E-state index contributed by atoms with van der Waals surface area (Å²) < 4.78 is 10.9. The van der Waals surface area contributed by atoms with Crippen LogP contribution in [0, 0.1) is 0 Å². The van der Waals surface area contributed by atoms with Crippen LogP contribution in [0.1, 0.15) is 18.9 Å². The molecule has 25 heavy (non-hydrogen) atoms. The quantitative estimate of drug-likeness (QED) is 0.436. The molecule has 0 unspecified atom stereocenters. The van der Waals surface area contributed by atoms with E-state index in [1.165, 1.54) is 5.56 Å². The maximum atomic E-state index is 5.54. The first-order chi connectivity index (χ1) is 12.3. The zero-order valence-corrected chi connectivity index (χ0v) is 15.2. The first-order valence-electron chi connectivity index (χ1n) is 8.59. The van der Waals surface area contributed by atoms with Gasteiger partial charge in [0.2, 0.25) is 0 Å². The predicted octanol–water partition coefficient (Wildman–Crippen LogP) is 3.71. The van der Waals surface area contributed by atoms with Crippen molar-refractivity contribution in [2.75, 3.05) is 32.6 Å². The molecule has 0 bridgehead atoms. The van der Waals surface area contributed by atoms with E-state index < -0.39 is 0 Å². The number of hydrogen-bond acceptors (Lipinski definition) is 3. The van der Waals surface area contributed by atoms with E-state index in [0.29, 0.717) is 12.4 Å². The van der Waals surface area contributed by atoms with E-state index in [2.05, 4.69) is 39.9 Å². The highest BCUT2D eigenvalue weighted by atomic mass is 16.5. The van der Waals surface area contributed by atoms with Crippen molar-refractivity contribution in [1.29, 1.82) is 0 Å². The highest BCUT2D eigenvalue weighted by Crippen LogP contribution is 2.30. The van der Waals surface area contributed by atoms with Gasteiger partial charge in [-0.1, -0.05) is 30.3 Å². The van der Waals surface area contributed by atoms with Crippen molar-refractivity contribution in [3.63, 3.8) is 0 Å². The number of aliphatic imine (C=N–C) groups is 1. The number of anilines is 1. The number of benzene rings is 2. The van der Waals surface area contributed by atoms with E-state index in [9.17, 15) is 0 Å². The molecule has 0 radical (unpaired) electrons. The number of nitrogens with zero attached hydrogens (tertiary/aromatic N) is 1. The molecular formula is C20H27N3O2. The molecule has 2 rings (SSSR count).